The van der Waals surface area contributed by atoms with Crippen LogP contribution in [0, 0.1) is 0 Å². The van der Waals surface area contributed by atoms with Gasteiger partial charge in [-0.3, -0.25) is 0 Å². The maximum absolute atomic E-state index is 8.55. The van der Waals surface area contributed by atoms with Crippen LogP contribution in [0.5, 0.6) is 0 Å². The molecule has 8 nitrogen and oxygen atoms in total. The Morgan fingerprint density at radius 2 is 0.538 bits per heavy atom. The molecule has 0 amide bonds. The van der Waals surface area contributed by atoms with Gasteiger partial charge in [0, 0.05) is 0 Å². The van der Waals surface area contributed by atoms with Crippen molar-refractivity contribution in [2.45, 2.75) is 0 Å². The maximum Gasteiger partial charge on any atom is 2.00 e. The number of hydrogen-bond donors (Lipinski definition) is 0. The average molecular weight is 499 g/mol. The second-order valence-electron chi connectivity index (χ2n) is 0.894. The van der Waals surface area contributed by atoms with E-state index < -0.39 is 15.6 Å². The molecule has 85 valence electrons. The van der Waals surface area contributed by atoms with Crippen LogP contribution in [0.3, 0.4) is 0 Å². The van der Waals surface area contributed by atoms with E-state index in [0.717, 1.165) is 0 Å². The summed E-state index contributed by atoms with van der Waals surface area (Å²) in [7, 11) is -10.8. The molecule has 0 aromatic heterocycles. The summed E-state index contributed by atoms with van der Waals surface area (Å²) < 4.78 is 17.1. The third kappa shape index (κ3) is 471. The largest absolute Gasteiger partial charge is 2.00 e. The first-order valence-electron chi connectivity index (χ1n) is 1.46. The van der Waals surface area contributed by atoms with Gasteiger partial charge in [0.25, 0.3) is 0 Å². The van der Waals surface area contributed by atoms with Gasteiger partial charge in [-0.15, -0.1) is 0 Å². The van der Waals surface area contributed by atoms with Gasteiger partial charge in [0.2, 0.25) is 0 Å². The fraction of sp³-hybridized carbons (Fsp3) is 0. The molecule has 0 aliphatic carbocycles. The van der Waals surface area contributed by atoms with Crippen molar-refractivity contribution in [3.05, 3.63) is 0 Å². The predicted octanol–water partition coefficient (Wildman–Crippen LogP) is -5.66. The molecule has 0 aliphatic heterocycles. The number of phosphoric acid groups is 2. The van der Waals surface area contributed by atoms with Crippen LogP contribution in [-0.2, 0) is 67.6 Å². The molecule has 0 atom stereocenters. The summed E-state index contributed by atoms with van der Waals surface area (Å²) in [6.45, 7) is 0. The monoisotopic (exact) mass is 499 g/mol. The third-order valence-electron chi connectivity index (χ3n) is 0. The van der Waals surface area contributed by atoms with Crippen LogP contribution in [0.15, 0.2) is 0 Å². The Morgan fingerprint density at radius 1 is 0.538 bits per heavy atom. The first-order valence-corrected chi connectivity index (χ1v) is 4.38. The summed E-state index contributed by atoms with van der Waals surface area (Å²) in [6, 6.07) is 0. The van der Waals surface area contributed by atoms with Crippen LogP contribution >= 0.6 is 15.6 Å². The topological polar surface area (TPSA) is 172 Å². The van der Waals surface area contributed by atoms with Crippen molar-refractivity contribution in [1.82, 2.24) is 0 Å². The Kier molecular flexibility index (Phi) is 27.5. The van der Waals surface area contributed by atoms with Crippen molar-refractivity contribution in [2.24, 2.45) is 0 Å². The van der Waals surface area contributed by atoms with Crippen molar-refractivity contribution >= 4 is 15.6 Å². The molecule has 13 heavy (non-hydrogen) atoms. The van der Waals surface area contributed by atoms with Crippen molar-refractivity contribution in [1.29, 1.82) is 0 Å². The summed E-state index contributed by atoms with van der Waals surface area (Å²) in [5, 5.41) is 0. The van der Waals surface area contributed by atoms with Crippen molar-refractivity contribution in [3.8, 4) is 0 Å². The first-order chi connectivity index (χ1) is 4.00. The zero-order valence-corrected chi connectivity index (χ0v) is 11.9. The second-order valence-corrected chi connectivity index (χ2v) is 2.68. The molecular weight excluding hydrogens is 499 g/mol. The van der Waals surface area contributed by atoms with Gasteiger partial charge in [0.05, 0.1) is 0 Å². The summed E-state index contributed by atoms with van der Waals surface area (Å²) in [5.41, 5.74) is 0. The molecule has 0 spiro atoms. The van der Waals surface area contributed by atoms with E-state index in [2.05, 4.69) is 0 Å². The predicted molar refractivity (Wildman–Crippen MR) is 15.2 cm³/mol. The molecule has 0 rings (SSSR count). The molecular formula is O8P2Rh3. The molecule has 0 fully saturated rings. The van der Waals surface area contributed by atoms with E-state index in [0.29, 0.717) is 0 Å². The van der Waals surface area contributed by atoms with Gasteiger partial charge in [0.15, 0.2) is 0 Å². The molecule has 0 saturated heterocycles. The van der Waals surface area contributed by atoms with E-state index in [1.807, 2.05) is 0 Å². The number of hydrogen-bond acceptors (Lipinski definition) is 8. The smallest absolute Gasteiger partial charge is 0.822 e. The zero-order chi connectivity index (χ0) is 9.00. The Hall–Kier alpha value is 2.09. The molecule has 0 saturated carbocycles. The summed E-state index contributed by atoms with van der Waals surface area (Å²) in [4.78, 5) is 51.3. The minimum absolute atomic E-state index is 0. The van der Waals surface area contributed by atoms with E-state index >= 15 is 0 Å². The van der Waals surface area contributed by atoms with Gasteiger partial charge in [-0.1, -0.05) is 0 Å². The van der Waals surface area contributed by atoms with E-state index in [-0.39, 0.29) is 58.4 Å². The van der Waals surface area contributed by atoms with E-state index in [9.17, 15) is 0 Å². The minimum Gasteiger partial charge on any atom is -0.822 e. The fourth-order valence-electron chi connectivity index (χ4n) is 0. The average Bonchev–Trinajstić information content (AvgIpc) is 1.12. The maximum atomic E-state index is 8.55. The molecule has 0 N–H and O–H groups in total. The molecule has 0 aromatic carbocycles. The van der Waals surface area contributed by atoms with E-state index in [1.165, 1.54) is 0 Å². The van der Waals surface area contributed by atoms with Gasteiger partial charge in [-0.2, -0.15) is 15.6 Å². The second kappa shape index (κ2) is 12.2. The van der Waals surface area contributed by atoms with E-state index in [4.69, 9.17) is 38.5 Å². The Balaban J connectivity index is -0.0000000267. The molecule has 0 bridgehead atoms. The molecule has 0 heterocycles. The molecule has 0 aliphatic rings. The summed E-state index contributed by atoms with van der Waals surface area (Å²) >= 11 is 0. The zero-order valence-electron chi connectivity index (χ0n) is 5.16. The Morgan fingerprint density at radius 3 is 0.538 bits per heavy atom. The molecule has 3 radical (unpaired) electrons. The van der Waals surface area contributed by atoms with Crippen LogP contribution < -0.4 is 29.4 Å². The normalized spacial score (nSPS) is 9.08. The van der Waals surface area contributed by atoms with Crippen molar-refractivity contribution < 1.29 is 96.9 Å². The molecule has 0 aromatic rings. The van der Waals surface area contributed by atoms with Crippen LogP contribution in [0.25, 0.3) is 0 Å². The van der Waals surface area contributed by atoms with Gasteiger partial charge in [0.1, 0.15) is 0 Å². The quantitative estimate of drug-likeness (QED) is 0.235. The van der Waals surface area contributed by atoms with Crippen LogP contribution in [0.2, 0.25) is 0 Å². The summed E-state index contributed by atoms with van der Waals surface area (Å²) in [6.07, 6.45) is 0. The minimum atomic E-state index is -5.39. The SMILES string of the molecule is O=P([O-])([O-])[O-].O=P([O-])([O-])[O-].[Rh+2].[Rh+2].[Rh+2]. The van der Waals surface area contributed by atoms with E-state index in [1.54, 1.807) is 0 Å². The Bertz CT molecular complexity index is 130. The van der Waals surface area contributed by atoms with Crippen LogP contribution in [-0.4, -0.2) is 0 Å². The van der Waals surface area contributed by atoms with Gasteiger partial charge >= 0.3 is 58.4 Å². The fourth-order valence-corrected chi connectivity index (χ4v) is 0. The van der Waals surface area contributed by atoms with Gasteiger partial charge in [-0.25, -0.2) is 0 Å². The Labute approximate surface area is 112 Å². The third-order valence-corrected chi connectivity index (χ3v) is 0. The number of rotatable bonds is 0. The molecule has 13 heteroatoms. The van der Waals surface area contributed by atoms with Gasteiger partial charge in [-0.05, 0) is 0 Å². The van der Waals surface area contributed by atoms with Crippen molar-refractivity contribution in [2.75, 3.05) is 0 Å². The first kappa shape index (κ1) is 29.4. The van der Waals surface area contributed by atoms with Gasteiger partial charge < -0.3 is 38.5 Å². The van der Waals surface area contributed by atoms with Crippen LogP contribution in [0.4, 0.5) is 0 Å². The molecule has 0 unspecified atom stereocenters. The standard InChI is InChI=1S/2H3O4P.3Rh/c2*1-5(2,3)4;;;/h2*(H3,1,2,3,4);;;/q;;3*+2/p-6. The van der Waals surface area contributed by atoms with Crippen molar-refractivity contribution in [3.63, 3.8) is 0 Å². The van der Waals surface area contributed by atoms with Crippen LogP contribution in [0.1, 0.15) is 0 Å². The summed E-state index contributed by atoms with van der Waals surface area (Å²) in [5.74, 6) is 0.